The van der Waals surface area contributed by atoms with Crippen molar-refractivity contribution in [2.24, 2.45) is 4.99 Å². The maximum atomic E-state index is 12.0. The van der Waals surface area contributed by atoms with Crippen LogP contribution in [0.2, 0.25) is 0 Å². The van der Waals surface area contributed by atoms with Gasteiger partial charge in [-0.15, -0.1) is 0 Å². The summed E-state index contributed by atoms with van der Waals surface area (Å²) >= 11 is 0. The number of nitrogens with one attached hydrogen (secondary N) is 1. The molecule has 1 amide bonds. The number of nitrogens with zero attached hydrogens (tertiary/aromatic N) is 2. The van der Waals surface area contributed by atoms with E-state index in [4.69, 9.17) is 9.84 Å². The molecule has 1 aromatic rings. The number of hydrogen-bond acceptors (Lipinski definition) is 7. The molecule has 0 aliphatic carbocycles. The molecule has 8 heteroatoms. The Labute approximate surface area is 133 Å². The van der Waals surface area contributed by atoms with Crippen LogP contribution in [0.1, 0.15) is 5.56 Å². The second-order valence-electron chi connectivity index (χ2n) is 5.07. The van der Waals surface area contributed by atoms with Crippen LogP contribution in [-0.2, 0) is 4.79 Å². The zero-order chi connectivity index (χ0) is 17.0. The number of phenols is 1. The van der Waals surface area contributed by atoms with Crippen LogP contribution in [0.5, 0.6) is 11.5 Å². The summed E-state index contributed by atoms with van der Waals surface area (Å²) in [7, 11) is 3.08. The van der Waals surface area contributed by atoms with Gasteiger partial charge in [0.15, 0.2) is 11.5 Å². The topological polar surface area (TPSA) is 115 Å². The molecule has 1 unspecified atom stereocenters. The summed E-state index contributed by atoms with van der Waals surface area (Å²) in [6.45, 7) is -0.239. The normalized spacial score (nSPS) is 17.0. The van der Waals surface area contributed by atoms with E-state index in [2.05, 4.69) is 10.3 Å². The highest BCUT2D eigenvalue weighted by molar-refractivity contribution is 6.13. The first kappa shape index (κ1) is 16.8. The average molecular weight is 321 g/mol. The molecule has 8 nitrogen and oxygen atoms in total. The van der Waals surface area contributed by atoms with Gasteiger partial charge in [0.2, 0.25) is 5.96 Å². The number of aliphatic imine (C=N–C) groups is 1. The summed E-state index contributed by atoms with van der Waals surface area (Å²) in [5.41, 5.74) is 0.839. The number of ether oxygens (including phenoxy) is 1. The summed E-state index contributed by atoms with van der Waals surface area (Å²) in [4.78, 5) is 17.7. The maximum absolute atomic E-state index is 12.0. The minimum atomic E-state index is -0.922. The molecule has 0 saturated heterocycles. The Hall–Kier alpha value is -2.58. The average Bonchev–Trinajstić information content (AvgIpc) is 2.90. The first-order valence-corrected chi connectivity index (χ1v) is 6.93. The number of carbonyl (C=O) groups is 1. The molecule has 1 heterocycles. The van der Waals surface area contributed by atoms with Gasteiger partial charge in [-0.2, -0.15) is 0 Å². The van der Waals surface area contributed by atoms with Crippen LogP contribution in [0.3, 0.4) is 0 Å². The Morgan fingerprint density at radius 3 is 2.87 bits per heavy atom. The van der Waals surface area contributed by atoms with Gasteiger partial charge in [-0.05, 0) is 23.8 Å². The Balaban J connectivity index is 2.20. The fourth-order valence-corrected chi connectivity index (χ4v) is 2.04. The molecule has 0 radical (unpaired) electrons. The third-order valence-corrected chi connectivity index (χ3v) is 3.25. The molecule has 1 atom stereocenters. The third kappa shape index (κ3) is 3.99. The number of guanidine groups is 1. The van der Waals surface area contributed by atoms with Crippen molar-refractivity contribution in [2.75, 3.05) is 27.3 Å². The lowest BCUT2D eigenvalue weighted by Gasteiger charge is -2.20. The van der Waals surface area contributed by atoms with Gasteiger partial charge in [0.05, 0.1) is 19.8 Å². The van der Waals surface area contributed by atoms with E-state index in [1.807, 2.05) is 0 Å². The second kappa shape index (κ2) is 7.12. The number of phenolic OH excluding ortho intramolecular Hbond substituents is 1. The van der Waals surface area contributed by atoms with E-state index in [-0.39, 0.29) is 30.5 Å². The van der Waals surface area contributed by atoms with Gasteiger partial charge in [0.25, 0.3) is 5.91 Å². The van der Waals surface area contributed by atoms with Gasteiger partial charge in [0, 0.05) is 13.6 Å². The predicted octanol–water partition coefficient (Wildman–Crippen LogP) is -0.487. The number of benzene rings is 1. The molecule has 0 saturated carbocycles. The van der Waals surface area contributed by atoms with Crippen molar-refractivity contribution in [1.82, 2.24) is 10.2 Å². The highest BCUT2D eigenvalue weighted by atomic mass is 16.5. The van der Waals surface area contributed by atoms with Crippen molar-refractivity contribution >= 4 is 17.9 Å². The number of aromatic hydroxyl groups is 1. The van der Waals surface area contributed by atoms with Crippen LogP contribution in [0.4, 0.5) is 0 Å². The summed E-state index contributed by atoms with van der Waals surface area (Å²) in [5, 5.41) is 30.4. The second-order valence-corrected chi connectivity index (χ2v) is 5.07. The Morgan fingerprint density at radius 1 is 1.48 bits per heavy atom. The highest BCUT2D eigenvalue weighted by Crippen LogP contribution is 2.27. The van der Waals surface area contributed by atoms with Crippen molar-refractivity contribution in [1.29, 1.82) is 0 Å². The smallest absolute Gasteiger partial charge is 0.276 e. The molecular weight excluding hydrogens is 302 g/mol. The number of amides is 1. The quantitative estimate of drug-likeness (QED) is 0.544. The lowest BCUT2D eigenvalue weighted by molar-refractivity contribution is -0.115. The van der Waals surface area contributed by atoms with Gasteiger partial charge >= 0.3 is 0 Å². The third-order valence-electron chi connectivity index (χ3n) is 3.25. The van der Waals surface area contributed by atoms with Crippen LogP contribution in [0.15, 0.2) is 28.9 Å². The van der Waals surface area contributed by atoms with Gasteiger partial charge in [-0.1, -0.05) is 6.07 Å². The molecule has 0 aromatic heterocycles. The number of aliphatic hydroxyl groups is 2. The van der Waals surface area contributed by atoms with Crippen LogP contribution in [-0.4, -0.2) is 65.5 Å². The maximum Gasteiger partial charge on any atom is 0.276 e. The van der Waals surface area contributed by atoms with Crippen molar-refractivity contribution in [2.45, 2.75) is 6.10 Å². The van der Waals surface area contributed by atoms with E-state index in [9.17, 15) is 15.0 Å². The molecule has 0 bridgehead atoms. The molecule has 2 rings (SSSR count). The van der Waals surface area contributed by atoms with Gasteiger partial charge < -0.3 is 25.0 Å². The molecule has 23 heavy (non-hydrogen) atoms. The van der Waals surface area contributed by atoms with E-state index < -0.39 is 6.10 Å². The van der Waals surface area contributed by atoms with E-state index in [1.165, 1.54) is 18.1 Å². The van der Waals surface area contributed by atoms with Gasteiger partial charge in [0.1, 0.15) is 5.70 Å². The molecule has 1 aliphatic heterocycles. The predicted molar refractivity (Wildman–Crippen MR) is 83.9 cm³/mol. The SMILES string of the molecule is COc1cc(/C=C2/N=C(N(C)CC(O)CO)NC2=O)ccc1O. The molecule has 0 spiro atoms. The first-order valence-electron chi connectivity index (χ1n) is 6.93. The lowest BCUT2D eigenvalue weighted by Crippen LogP contribution is -2.42. The van der Waals surface area contributed by atoms with Gasteiger partial charge in [-0.25, -0.2) is 4.99 Å². The van der Waals surface area contributed by atoms with Crippen LogP contribution in [0, 0.1) is 0 Å². The molecule has 0 fully saturated rings. The highest BCUT2D eigenvalue weighted by Gasteiger charge is 2.23. The zero-order valence-corrected chi connectivity index (χ0v) is 12.9. The summed E-state index contributed by atoms with van der Waals surface area (Å²) < 4.78 is 5.02. The lowest BCUT2D eigenvalue weighted by atomic mass is 10.1. The number of carbonyl (C=O) groups excluding carboxylic acids is 1. The molecular formula is C15H19N3O5. The minimum absolute atomic E-state index is 0.00689. The molecule has 4 N–H and O–H groups in total. The number of likely N-dealkylation sites (N-methyl/N-ethyl adjacent to an activating group) is 1. The number of aliphatic hydroxyl groups excluding tert-OH is 2. The summed E-state index contributed by atoms with van der Waals surface area (Å²) in [6, 6.07) is 4.68. The fourth-order valence-electron chi connectivity index (χ4n) is 2.04. The van der Waals surface area contributed by atoms with E-state index in [0.29, 0.717) is 17.3 Å². The number of hydrogen-bond donors (Lipinski definition) is 4. The van der Waals surface area contributed by atoms with E-state index >= 15 is 0 Å². The Kier molecular flexibility index (Phi) is 5.20. The first-order chi connectivity index (χ1) is 10.9. The minimum Gasteiger partial charge on any atom is -0.504 e. The summed E-state index contributed by atoms with van der Waals surface area (Å²) in [5.74, 6) is 0.217. The van der Waals surface area contributed by atoms with Crippen LogP contribution in [0.25, 0.3) is 6.08 Å². The Morgan fingerprint density at radius 2 is 2.22 bits per heavy atom. The van der Waals surface area contributed by atoms with Crippen LogP contribution < -0.4 is 10.1 Å². The number of rotatable bonds is 5. The fraction of sp³-hybridized carbons (Fsp3) is 0.333. The molecule has 124 valence electrons. The zero-order valence-electron chi connectivity index (χ0n) is 12.9. The van der Waals surface area contributed by atoms with Crippen molar-refractivity contribution in [3.05, 3.63) is 29.5 Å². The Bertz CT molecular complexity index is 657. The van der Waals surface area contributed by atoms with E-state index in [1.54, 1.807) is 25.3 Å². The summed E-state index contributed by atoms with van der Waals surface area (Å²) in [6.07, 6.45) is 0.634. The molecule has 1 aliphatic rings. The standard InChI is InChI=1S/C15H19N3O5/c1-18(7-10(20)8-19)15-16-11(14(22)17-15)5-9-3-4-12(21)13(6-9)23-2/h3-6,10,19-21H,7-8H2,1-2H3,(H,16,17,22)/b11-5+. The number of methoxy groups -OCH3 is 1. The van der Waals surface area contributed by atoms with Crippen molar-refractivity contribution < 1.29 is 24.9 Å². The molecule has 1 aromatic carbocycles. The largest absolute Gasteiger partial charge is 0.504 e. The van der Waals surface area contributed by atoms with E-state index in [0.717, 1.165) is 0 Å². The van der Waals surface area contributed by atoms with Gasteiger partial charge in [-0.3, -0.25) is 10.1 Å². The monoisotopic (exact) mass is 321 g/mol. The van der Waals surface area contributed by atoms with Crippen molar-refractivity contribution in [3.63, 3.8) is 0 Å². The van der Waals surface area contributed by atoms with Crippen molar-refractivity contribution in [3.8, 4) is 11.5 Å². The van der Waals surface area contributed by atoms with Crippen LogP contribution >= 0.6 is 0 Å².